The van der Waals surface area contributed by atoms with E-state index in [9.17, 15) is 0 Å². The van der Waals surface area contributed by atoms with E-state index in [2.05, 4.69) is 66.4 Å². The highest BCUT2D eigenvalue weighted by molar-refractivity contribution is 8.14. The number of benzene rings is 2. The second kappa shape index (κ2) is 4.67. The van der Waals surface area contributed by atoms with Crippen LogP contribution in [0.25, 0.3) is 0 Å². The Morgan fingerprint density at radius 1 is 1.05 bits per heavy atom. The Labute approximate surface area is 123 Å². The molecule has 4 rings (SSSR count). The van der Waals surface area contributed by atoms with Crippen molar-refractivity contribution >= 4 is 22.6 Å². The van der Waals surface area contributed by atoms with Gasteiger partial charge in [-0.3, -0.25) is 4.99 Å². The first kappa shape index (κ1) is 12.0. The van der Waals surface area contributed by atoms with Crippen LogP contribution in [0, 0.1) is 0 Å². The summed E-state index contributed by atoms with van der Waals surface area (Å²) in [7, 11) is 0. The molecular formula is C17H16N2S. The zero-order valence-electron chi connectivity index (χ0n) is 11.4. The molecule has 0 spiro atoms. The van der Waals surface area contributed by atoms with Crippen LogP contribution in [0.15, 0.2) is 64.5 Å². The SMILES string of the molecule is CC1CC(c2ccccc2)N=C2Sc3ccccc3N21. The fourth-order valence-electron chi connectivity index (χ4n) is 3.01. The van der Waals surface area contributed by atoms with Crippen molar-refractivity contribution in [1.82, 2.24) is 0 Å². The van der Waals surface area contributed by atoms with E-state index in [0.29, 0.717) is 12.1 Å². The molecule has 2 aliphatic rings. The molecule has 2 aromatic rings. The van der Waals surface area contributed by atoms with Gasteiger partial charge in [-0.25, -0.2) is 0 Å². The van der Waals surface area contributed by atoms with Gasteiger partial charge in [-0.1, -0.05) is 42.5 Å². The third-order valence-electron chi connectivity index (χ3n) is 3.99. The predicted octanol–water partition coefficient (Wildman–Crippen LogP) is 4.49. The molecule has 0 fully saturated rings. The molecule has 2 nitrogen and oxygen atoms in total. The quantitative estimate of drug-likeness (QED) is 0.765. The lowest BCUT2D eigenvalue weighted by Crippen LogP contribution is -2.39. The highest BCUT2D eigenvalue weighted by Crippen LogP contribution is 2.46. The fraction of sp³-hybridized carbons (Fsp3) is 0.235. The predicted molar refractivity (Wildman–Crippen MR) is 85.5 cm³/mol. The first-order valence-corrected chi connectivity index (χ1v) is 7.83. The monoisotopic (exact) mass is 280 g/mol. The minimum Gasteiger partial charge on any atom is -0.317 e. The molecule has 0 saturated carbocycles. The van der Waals surface area contributed by atoms with Crippen LogP contribution >= 0.6 is 11.8 Å². The largest absolute Gasteiger partial charge is 0.317 e. The van der Waals surface area contributed by atoms with Gasteiger partial charge in [0.25, 0.3) is 0 Å². The third-order valence-corrected chi connectivity index (χ3v) is 5.04. The molecule has 2 atom stereocenters. The number of aliphatic imine (C=N–C) groups is 1. The maximum atomic E-state index is 4.98. The summed E-state index contributed by atoms with van der Waals surface area (Å²) in [4.78, 5) is 8.70. The molecule has 0 aliphatic carbocycles. The number of thioether (sulfide) groups is 1. The standard InChI is InChI=1S/C17H16N2S/c1-12-11-14(13-7-3-2-4-8-13)18-17-19(12)15-9-5-6-10-16(15)20-17/h2-10,12,14H,11H2,1H3. The summed E-state index contributed by atoms with van der Waals surface area (Å²) in [5.41, 5.74) is 2.64. The fourth-order valence-corrected chi connectivity index (χ4v) is 4.18. The lowest BCUT2D eigenvalue weighted by Gasteiger charge is -2.34. The molecule has 2 heterocycles. The van der Waals surface area contributed by atoms with Crippen LogP contribution < -0.4 is 4.90 Å². The molecule has 0 N–H and O–H groups in total. The van der Waals surface area contributed by atoms with Gasteiger partial charge in [-0.05, 0) is 42.8 Å². The highest BCUT2D eigenvalue weighted by atomic mass is 32.2. The Balaban J connectivity index is 1.74. The van der Waals surface area contributed by atoms with Gasteiger partial charge in [0, 0.05) is 10.9 Å². The summed E-state index contributed by atoms with van der Waals surface area (Å²) in [5, 5.41) is 1.15. The Hall–Kier alpha value is -1.74. The summed E-state index contributed by atoms with van der Waals surface area (Å²) in [5.74, 6) is 0. The molecule has 2 aliphatic heterocycles. The van der Waals surface area contributed by atoms with Crippen LogP contribution in [0.2, 0.25) is 0 Å². The van der Waals surface area contributed by atoms with Gasteiger partial charge in [0.1, 0.15) is 0 Å². The van der Waals surface area contributed by atoms with Gasteiger partial charge in [-0.15, -0.1) is 0 Å². The molecule has 3 heteroatoms. The minimum absolute atomic E-state index is 0.291. The first-order valence-electron chi connectivity index (χ1n) is 7.02. The Kier molecular flexibility index (Phi) is 2.81. The maximum absolute atomic E-state index is 4.98. The lowest BCUT2D eigenvalue weighted by molar-refractivity contribution is 0.544. The van der Waals surface area contributed by atoms with Crippen molar-refractivity contribution in [1.29, 1.82) is 0 Å². The van der Waals surface area contributed by atoms with Gasteiger partial charge in [-0.2, -0.15) is 0 Å². The average molecular weight is 280 g/mol. The van der Waals surface area contributed by atoms with E-state index in [0.717, 1.165) is 11.6 Å². The van der Waals surface area contributed by atoms with E-state index in [-0.39, 0.29) is 0 Å². The topological polar surface area (TPSA) is 15.6 Å². The van der Waals surface area contributed by atoms with Gasteiger partial charge in [0.2, 0.25) is 0 Å². The first-order chi connectivity index (χ1) is 9.83. The molecule has 0 saturated heterocycles. The summed E-state index contributed by atoms with van der Waals surface area (Å²) in [6.45, 7) is 2.30. The van der Waals surface area contributed by atoms with Crippen LogP contribution in [0.1, 0.15) is 24.9 Å². The number of para-hydroxylation sites is 1. The van der Waals surface area contributed by atoms with E-state index >= 15 is 0 Å². The van der Waals surface area contributed by atoms with E-state index in [1.807, 2.05) is 0 Å². The van der Waals surface area contributed by atoms with Crippen LogP contribution in [0.4, 0.5) is 5.69 Å². The number of anilines is 1. The molecule has 20 heavy (non-hydrogen) atoms. The summed E-state index contributed by atoms with van der Waals surface area (Å²) in [6.07, 6.45) is 1.07. The van der Waals surface area contributed by atoms with Gasteiger partial charge >= 0.3 is 0 Å². The normalized spacial score (nSPS) is 24.1. The molecule has 2 unspecified atom stereocenters. The van der Waals surface area contributed by atoms with E-state index < -0.39 is 0 Å². The Morgan fingerprint density at radius 3 is 2.65 bits per heavy atom. The smallest absolute Gasteiger partial charge is 0.169 e. The van der Waals surface area contributed by atoms with Crippen molar-refractivity contribution in [3.05, 3.63) is 60.2 Å². The van der Waals surface area contributed by atoms with Crippen LogP contribution in [0.5, 0.6) is 0 Å². The number of amidine groups is 1. The van der Waals surface area contributed by atoms with Crippen molar-refractivity contribution in [3.63, 3.8) is 0 Å². The number of hydrogen-bond donors (Lipinski definition) is 0. The summed E-state index contributed by atoms with van der Waals surface area (Å²) in [6, 6.07) is 20.0. The maximum Gasteiger partial charge on any atom is 0.169 e. The molecule has 100 valence electrons. The van der Waals surface area contributed by atoms with Crippen molar-refractivity contribution < 1.29 is 0 Å². The molecular weight excluding hydrogens is 264 g/mol. The van der Waals surface area contributed by atoms with E-state index in [4.69, 9.17) is 4.99 Å². The number of rotatable bonds is 1. The van der Waals surface area contributed by atoms with Gasteiger partial charge in [0.05, 0.1) is 11.7 Å². The van der Waals surface area contributed by atoms with Crippen molar-refractivity contribution in [2.75, 3.05) is 4.90 Å². The van der Waals surface area contributed by atoms with Crippen LogP contribution in [-0.4, -0.2) is 11.2 Å². The van der Waals surface area contributed by atoms with E-state index in [1.165, 1.54) is 16.1 Å². The molecule has 0 radical (unpaired) electrons. The van der Waals surface area contributed by atoms with E-state index in [1.54, 1.807) is 11.8 Å². The molecule has 2 aromatic carbocycles. The minimum atomic E-state index is 0.291. The van der Waals surface area contributed by atoms with Gasteiger partial charge < -0.3 is 4.90 Å². The Bertz CT molecular complexity index is 666. The van der Waals surface area contributed by atoms with Crippen molar-refractivity contribution in [3.8, 4) is 0 Å². The van der Waals surface area contributed by atoms with Crippen molar-refractivity contribution in [2.45, 2.75) is 30.3 Å². The average Bonchev–Trinajstić information content (AvgIpc) is 2.87. The van der Waals surface area contributed by atoms with Gasteiger partial charge in [0.15, 0.2) is 5.17 Å². The number of nitrogens with zero attached hydrogens (tertiary/aromatic N) is 2. The highest BCUT2D eigenvalue weighted by Gasteiger charge is 2.35. The zero-order chi connectivity index (χ0) is 13.5. The van der Waals surface area contributed by atoms with Crippen molar-refractivity contribution in [2.24, 2.45) is 4.99 Å². The third kappa shape index (κ3) is 1.85. The number of fused-ring (bicyclic) bond motifs is 3. The lowest BCUT2D eigenvalue weighted by atomic mass is 9.98. The second-order valence-electron chi connectivity index (χ2n) is 5.36. The zero-order valence-corrected chi connectivity index (χ0v) is 12.2. The Morgan fingerprint density at radius 2 is 1.80 bits per heavy atom. The second-order valence-corrected chi connectivity index (χ2v) is 6.37. The molecule has 0 aromatic heterocycles. The van der Waals surface area contributed by atoms with Crippen LogP contribution in [0.3, 0.4) is 0 Å². The summed E-state index contributed by atoms with van der Waals surface area (Å²) < 4.78 is 0. The van der Waals surface area contributed by atoms with Crippen LogP contribution in [-0.2, 0) is 0 Å². The number of hydrogen-bond acceptors (Lipinski definition) is 3. The molecule has 0 amide bonds. The summed E-state index contributed by atoms with van der Waals surface area (Å²) >= 11 is 1.80. The molecule has 0 bridgehead atoms.